The van der Waals surface area contributed by atoms with E-state index in [1.165, 1.54) is 19.3 Å². The van der Waals surface area contributed by atoms with Crippen molar-refractivity contribution in [3.05, 3.63) is 21.7 Å². The number of nitrogen functional groups attached to an aromatic ring is 1. The first-order valence-corrected chi connectivity index (χ1v) is 7.04. The summed E-state index contributed by atoms with van der Waals surface area (Å²) in [7, 11) is 0. The van der Waals surface area contributed by atoms with Crippen LogP contribution in [0.4, 0.5) is 5.82 Å². The molecule has 100 valence electrons. The van der Waals surface area contributed by atoms with Crippen LogP contribution in [-0.4, -0.2) is 9.97 Å². The van der Waals surface area contributed by atoms with E-state index in [4.69, 9.17) is 5.73 Å². The van der Waals surface area contributed by atoms with Crippen LogP contribution in [0.3, 0.4) is 0 Å². The van der Waals surface area contributed by atoms with Crippen LogP contribution in [0, 0.1) is 5.92 Å². The Morgan fingerprint density at radius 2 is 1.94 bits per heavy atom. The molecule has 0 amide bonds. The maximum absolute atomic E-state index is 11.9. The molecule has 0 aliphatic heterocycles. The standard InChI is InChI=1S/C14H23N3O/c1-3-9-5-7-10(8-6-9)13-16-12(15)11(4-2)14(18)17-13/h9-10H,3-8H2,1-2H3,(H3,15,16,17,18). The molecule has 1 fully saturated rings. The summed E-state index contributed by atoms with van der Waals surface area (Å²) in [5.41, 5.74) is 6.42. The van der Waals surface area contributed by atoms with Crippen molar-refractivity contribution in [1.29, 1.82) is 0 Å². The van der Waals surface area contributed by atoms with Crippen molar-refractivity contribution in [2.75, 3.05) is 5.73 Å². The highest BCUT2D eigenvalue weighted by atomic mass is 16.1. The average molecular weight is 249 g/mol. The molecule has 1 saturated carbocycles. The average Bonchev–Trinajstić information content (AvgIpc) is 2.38. The second kappa shape index (κ2) is 5.55. The molecule has 18 heavy (non-hydrogen) atoms. The first-order valence-electron chi connectivity index (χ1n) is 7.04. The van der Waals surface area contributed by atoms with E-state index in [-0.39, 0.29) is 5.56 Å². The number of rotatable bonds is 3. The van der Waals surface area contributed by atoms with E-state index in [1.54, 1.807) is 0 Å². The van der Waals surface area contributed by atoms with E-state index in [0.29, 0.717) is 23.7 Å². The van der Waals surface area contributed by atoms with Crippen molar-refractivity contribution in [2.45, 2.75) is 58.3 Å². The molecule has 1 aliphatic carbocycles. The molecule has 4 nitrogen and oxygen atoms in total. The number of H-pyrrole nitrogens is 1. The number of aromatic amines is 1. The minimum absolute atomic E-state index is 0.0578. The van der Waals surface area contributed by atoms with Gasteiger partial charge in [-0.3, -0.25) is 4.79 Å². The number of anilines is 1. The summed E-state index contributed by atoms with van der Waals surface area (Å²) in [6.07, 6.45) is 6.60. The Bertz CT molecular complexity index is 459. The fourth-order valence-electron chi connectivity index (χ4n) is 2.91. The lowest BCUT2D eigenvalue weighted by Crippen LogP contribution is -2.23. The number of nitrogens with one attached hydrogen (secondary N) is 1. The maximum Gasteiger partial charge on any atom is 0.256 e. The van der Waals surface area contributed by atoms with Crippen molar-refractivity contribution in [2.24, 2.45) is 5.92 Å². The van der Waals surface area contributed by atoms with E-state index in [2.05, 4.69) is 16.9 Å². The Kier molecular flexibility index (Phi) is 4.04. The third-order valence-corrected chi connectivity index (χ3v) is 4.23. The van der Waals surface area contributed by atoms with Crippen molar-refractivity contribution in [3.8, 4) is 0 Å². The third-order valence-electron chi connectivity index (χ3n) is 4.23. The first kappa shape index (κ1) is 13.1. The molecule has 0 spiro atoms. The number of nitrogens with zero attached hydrogens (tertiary/aromatic N) is 1. The maximum atomic E-state index is 11.9. The van der Waals surface area contributed by atoms with Gasteiger partial charge in [-0.1, -0.05) is 20.3 Å². The molecule has 0 atom stereocenters. The second-order valence-electron chi connectivity index (χ2n) is 5.29. The van der Waals surface area contributed by atoms with Crippen LogP contribution in [-0.2, 0) is 6.42 Å². The van der Waals surface area contributed by atoms with E-state index >= 15 is 0 Å². The third kappa shape index (κ3) is 2.57. The molecule has 1 heterocycles. The summed E-state index contributed by atoms with van der Waals surface area (Å²) < 4.78 is 0. The fourth-order valence-corrected chi connectivity index (χ4v) is 2.91. The van der Waals surface area contributed by atoms with Gasteiger partial charge < -0.3 is 10.7 Å². The predicted molar refractivity (Wildman–Crippen MR) is 73.6 cm³/mol. The van der Waals surface area contributed by atoms with Gasteiger partial charge in [0.1, 0.15) is 11.6 Å². The van der Waals surface area contributed by atoms with Gasteiger partial charge in [0.2, 0.25) is 0 Å². The minimum Gasteiger partial charge on any atom is -0.383 e. The summed E-state index contributed by atoms with van der Waals surface area (Å²) >= 11 is 0. The van der Waals surface area contributed by atoms with Crippen LogP contribution in [0.5, 0.6) is 0 Å². The molecule has 1 aliphatic rings. The monoisotopic (exact) mass is 249 g/mol. The Morgan fingerprint density at radius 1 is 1.28 bits per heavy atom. The summed E-state index contributed by atoms with van der Waals surface area (Å²) in [6.45, 7) is 4.17. The van der Waals surface area contributed by atoms with Crippen LogP contribution in [0.2, 0.25) is 0 Å². The highest BCUT2D eigenvalue weighted by Gasteiger charge is 2.23. The van der Waals surface area contributed by atoms with E-state index in [9.17, 15) is 4.79 Å². The second-order valence-corrected chi connectivity index (χ2v) is 5.29. The molecule has 1 aromatic heterocycles. The zero-order valence-electron chi connectivity index (χ0n) is 11.3. The normalized spacial score (nSPS) is 24.1. The summed E-state index contributed by atoms with van der Waals surface area (Å²) in [4.78, 5) is 19.2. The molecule has 3 N–H and O–H groups in total. The number of hydrogen-bond donors (Lipinski definition) is 2. The van der Waals surface area contributed by atoms with Gasteiger partial charge in [-0.25, -0.2) is 4.98 Å². The van der Waals surface area contributed by atoms with Crippen LogP contribution in [0.15, 0.2) is 4.79 Å². The molecule has 0 unspecified atom stereocenters. The van der Waals surface area contributed by atoms with Crippen molar-refractivity contribution in [3.63, 3.8) is 0 Å². The zero-order valence-corrected chi connectivity index (χ0v) is 11.3. The van der Waals surface area contributed by atoms with Crippen LogP contribution < -0.4 is 11.3 Å². The van der Waals surface area contributed by atoms with Gasteiger partial charge in [0, 0.05) is 5.92 Å². The summed E-state index contributed by atoms with van der Waals surface area (Å²) in [6, 6.07) is 0. The van der Waals surface area contributed by atoms with Crippen LogP contribution in [0.25, 0.3) is 0 Å². The summed E-state index contributed by atoms with van der Waals surface area (Å²) in [5, 5.41) is 0. The SMILES string of the molecule is CCc1c(N)nc(C2CCC(CC)CC2)[nH]c1=O. The van der Waals surface area contributed by atoms with Crippen LogP contribution >= 0.6 is 0 Å². The quantitative estimate of drug-likeness (QED) is 0.865. The van der Waals surface area contributed by atoms with Gasteiger partial charge in [0.15, 0.2) is 0 Å². The zero-order chi connectivity index (χ0) is 13.1. The molecular formula is C14H23N3O. The molecule has 1 aromatic rings. The van der Waals surface area contributed by atoms with Gasteiger partial charge >= 0.3 is 0 Å². The van der Waals surface area contributed by atoms with E-state index in [1.807, 2.05) is 6.92 Å². The largest absolute Gasteiger partial charge is 0.383 e. The van der Waals surface area contributed by atoms with Gasteiger partial charge in [0.05, 0.1) is 5.56 Å². The Morgan fingerprint density at radius 3 is 2.44 bits per heavy atom. The highest BCUT2D eigenvalue weighted by Crippen LogP contribution is 2.35. The predicted octanol–water partition coefficient (Wildman–Crippen LogP) is 2.60. The summed E-state index contributed by atoms with van der Waals surface area (Å²) in [5.74, 6) is 2.44. The number of hydrogen-bond acceptors (Lipinski definition) is 3. The fraction of sp³-hybridized carbons (Fsp3) is 0.714. The molecule has 0 aromatic carbocycles. The molecule has 2 rings (SSSR count). The lowest BCUT2D eigenvalue weighted by molar-refractivity contribution is 0.312. The van der Waals surface area contributed by atoms with Crippen molar-refractivity contribution < 1.29 is 0 Å². The van der Waals surface area contributed by atoms with Crippen LogP contribution in [0.1, 0.15) is 63.3 Å². The minimum atomic E-state index is -0.0578. The van der Waals surface area contributed by atoms with Gasteiger partial charge in [-0.2, -0.15) is 0 Å². The molecule has 0 bridgehead atoms. The number of nitrogens with two attached hydrogens (primary N) is 1. The lowest BCUT2D eigenvalue weighted by atomic mass is 9.80. The van der Waals surface area contributed by atoms with Gasteiger partial charge in [-0.15, -0.1) is 0 Å². The Labute approximate surface area is 108 Å². The van der Waals surface area contributed by atoms with Gasteiger partial charge in [-0.05, 0) is 38.0 Å². The van der Waals surface area contributed by atoms with E-state index < -0.39 is 0 Å². The molecule has 4 heteroatoms. The topological polar surface area (TPSA) is 71.8 Å². The molecular weight excluding hydrogens is 226 g/mol. The molecule has 0 saturated heterocycles. The van der Waals surface area contributed by atoms with E-state index in [0.717, 1.165) is 24.6 Å². The highest BCUT2D eigenvalue weighted by molar-refractivity contribution is 5.37. The number of aromatic nitrogens is 2. The van der Waals surface area contributed by atoms with Crippen molar-refractivity contribution in [1.82, 2.24) is 9.97 Å². The first-order chi connectivity index (χ1) is 8.65. The van der Waals surface area contributed by atoms with Crippen molar-refractivity contribution >= 4 is 5.82 Å². The lowest BCUT2D eigenvalue weighted by Gasteiger charge is -2.27. The Balaban J connectivity index is 2.18. The smallest absolute Gasteiger partial charge is 0.256 e. The molecule has 0 radical (unpaired) electrons. The van der Waals surface area contributed by atoms with Gasteiger partial charge in [0.25, 0.3) is 5.56 Å². The Hall–Kier alpha value is -1.32.